The molecule has 0 fully saturated rings. The maximum atomic E-state index is 11.6. The summed E-state index contributed by atoms with van der Waals surface area (Å²) in [7, 11) is 1.37. The summed E-state index contributed by atoms with van der Waals surface area (Å²) in [4.78, 5) is 11.6. The van der Waals surface area contributed by atoms with Crippen LogP contribution in [0, 0.1) is 0 Å². The van der Waals surface area contributed by atoms with E-state index in [-0.39, 0.29) is 5.97 Å². The molecule has 0 aliphatic heterocycles. The third kappa shape index (κ3) is 4.81. The number of hydrogen-bond acceptors (Lipinski definition) is 6. The van der Waals surface area contributed by atoms with Crippen molar-refractivity contribution in [2.24, 2.45) is 0 Å². The van der Waals surface area contributed by atoms with Crippen molar-refractivity contribution >= 4 is 17.3 Å². The first-order valence-corrected chi connectivity index (χ1v) is 10.9. The molecule has 3 aromatic carbocycles. The van der Waals surface area contributed by atoms with Crippen LogP contribution in [-0.4, -0.2) is 29.9 Å². The zero-order valence-corrected chi connectivity index (χ0v) is 18.2. The molecule has 0 aliphatic rings. The predicted molar refractivity (Wildman–Crippen MR) is 123 cm³/mol. The number of aromatic nitrogens is 2. The summed E-state index contributed by atoms with van der Waals surface area (Å²) < 4.78 is 10.4. The Balaban J connectivity index is 1.48. The summed E-state index contributed by atoms with van der Waals surface area (Å²) in [6.07, 6.45) is 0.995. The van der Waals surface area contributed by atoms with Gasteiger partial charge in [0, 0.05) is 11.1 Å². The number of nitrogens with zero attached hydrogens (tertiary/aromatic N) is 2. The maximum absolute atomic E-state index is 11.6. The van der Waals surface area contributed by atoms with Crippen LogP contribution in [0.1, 0.15) is 23.7 Å². The summed E-state index contributed by atoms with van der Waals surface area (Å²) >= 11 is 1.52. The quantitative estimate of drug-likeness (QED) is 0.331. The molecule has 0 atom stereocenters. The number of ether oxygens (including phenoxy) is 2. The molecule has 0 spiro atoms. The van der Waals surface area contributed by atoms with Crippen molar-refractivity contribution in [3.8, 4) is 38.0 Å². The molecular weight excluding hydrogens is 408 g/mol. The molecule has 4 aromatic rings. The highest BCUT2D eigenvalue weighted by Crippen LogP contribution is 2.31. The lowest BCUT2D eigenvalue weighted by Gasteiger charge is -2.06. The summed E-state index contributed by atoms with van der Waals surface area (Å²) in [5.74, 6) is 0.538. The van der Waals surface area contributed by atoms with Crippen LogP contribution in [0.5, 0.6) is 5.75 Å². The molecule has 0 saturated heterocycles. The predicted octanol–water partition coefficient (Wildman–Crippen LogP) is 6.11. The van der Waals surface area contributed by atoms with E-state index >= 15 is 0 Å². The van der Waals surface area contributed by atoms with E-state index in [1.54, 1.807) is 12.1 Å². The van der Waals surface area contributed by atoms with E-state index in [4.69, 9.17) is 9.47 Å². The summed E-state index contributed by atoms with van der Waals surface area (Å²) in [6.45, 7) is 2.82. The van der Waals surface area contributed by atoms with Gasteiger partial charge in [-0.3, -0.25) is 0 Å². The van der Waals surface area contributed by atoms with Gasteiger partial charge in [-0.05, 0) is 41.8 Å². The van der Waals surface area contributed by atoms with Crippen molar-refractivity contribution < 1.29 is 14.3 Å². The Labute approximate surface area is 185 Å². The van der Waals surface area contributed by atoms with Crippen molar-refractivity contribution in [2.75, 3.05) is 13.7 Å². The Hall–Kier alpha value is -3.51. The second kappa shape index (κ2) is 9.53. The minimum absolute atomic E-state index is 0.354. The van der Waals surface area contributed by atoms with Gasteiger partial charge >= 0.3 is 5.97 Å². The molecule has 1 heterocycles. The monoisotopic (exact) mass is 430 g/mol. The Morgan fingerprint density at radius 2 is 1.26 bits per heavy atom. The Morgan fingerprint density at radius 1 is 0.774 bits per heavy atom. The first-order chi connectivity index (χ1) is 15.2. The van der Waals surface area contributed by atoms with Crippen molar-refractivity contribution in [1.29, 1.82) is 0 Å². The number of benzene rings is 3. The third-order valence-electron chi connectivity index (χ3n) is 4.77. The van der Waals surface area contributed by atoms with Crippen LogP contribution in [-0.2, 0) is 4.74 Å². The standard InChI is InChI=1S/C25H22N2O3S/c1-3-16-30-22-14-12-18(13-15-22)17-4-6-19(7-5-17)23-26-27-24(31-23)20-8-10-21(11-9-20)25(28)29-2/h4-15H,3,16H2,1-2H3. The van der Waals surface area contributed by atoms with Gasteiger partial charge in [-0.25, -0.2) is 4.79 Å². The molecule has 0 aliphatic carbocycles. The molecule has 0 unspecified atom stereocenters. The van der Waals surface area contributed by atoms with Crippen molar-refractivity contribution in [2.45, 2.75) is 13.3 Å². The highest BCUT2D eigenvalue weighted by molar-refractivity contribution is 7.17. The van der Waals surface area contributed by atoms with E-state index in [0.29, 0.717) is 5.56 Å². The number of carbonyl (C=O) groups is 1. The van der Waals surface area contributed by atoms with Gasteiger partial charge in [0.2, 0.25) is 0 Å². The second-order valence-corrected chi connectivity index (χ2v) is 7.91. The summed E-state index contributed by atoms with van der Waals surface area (Å²) in [5, 5.41) is 10.3. The molecule has 0 bridgehead atoms. The molecule has 6 heteroatoms. The van der Waals surface area contributed by atoms with Gasteiger partial charge in [0.05, 0.1) is 19.3 Å². The minimum Gasteiger partial charge on any atom is -0.494 e. The molecular formula is C25H22N2O3S. The number of carbonyl (C=O) groups excluding carboxylic acids is 1. The topological polar surface area (TPSA) is 61.3 Å². The zero-order valence-electron chi connectivity index (χ0n) is 17.4. The number of hydrogen-bond donors (Lipinski definition) is 0. The van der Waals surface area contributed by atoms with Crippen LogP contribution >= 0.6 is 11.3 Å². The van der Waals surface area contributed by atoms with E-state index in [9.17, 15) is 4.79 Å². The van der Waals surface area contributed by atoms with E-state index < -0.39 is 0 Å². The lowest BCUT2D eigenvalue weighted by Crippen LogP contribution is -2.00. The van der Waals surface area contributed by atoms with Gasteiger partial charge < -0.3 is 9.47 Å². The van der Waals surface area contributed by atoms with Crippen LogP contribution in [0.25, 0.3) is 32.3 Å². The van der Waals surface area contributed by atoms with Gasteiger partial charge in [-0.15, -0.1) is 10.2 Å². The van der Waals surface area contributed by atoms with Crippen molar-refractivity contribution in [1.82, 2.24) is 10.2 Å². The zero-order chi connectivity index (χ0) is 21.6. The van der Waals surface area contributed by atoms with Crippen LogP contribution in [0.4, 0.5) is 0 Å². The fourth-order valence-corrected chi connectivity index (χ4v) is 3.95. The van der Waals surface area contributed by atoms with E-state index in [1.807, 2.05) is 24.3 Å². The van der Waals surface area contributed by atoms with E-state index in [2.05, 4.69) is 53.5 Å². The minimum atomic E-state index is -0.354. The molecule has 4 rings (SSSR count). The second-order valence-electron chi connectivity index (χ2n) is 6.93. The summed E-state index contributed by atoms with van der Waals surface area (Å²) in [5.41, 5.74) is 4.71. The van der Waals surface area contributed by atoms with Crippen LogP contribution in [0.3, 0.4) is 0 Å². The van der Waals surface area contributed by atoms with Crippen LogP contribution < -0.4 is 4.74 Å². The molecule has 5 nitrogen and oxygen atoms in total. The fourth-order valence-electron chi connectivity index (χ4n) is 3.09. The van der Waals surface area contributed by atoms with Gasteiger partial charge in [-0.1, -0.05) is 66.8 Å². The SMILES string of the molecule is CCCOc1ccc(-c2ccc(-c3nnc(-c4ccc(C(=O)OC)cc4)s3)cc2)cc1. The molecule has 0 amide bonds. The average molecular weight is 431 g/mol. The Morgan fingerprint density at radius 3 is 1.77 bits per heavy atom. The van der Waals surface area contributed by atoms with E-state index in [1.165, 1.54) is 18.4 Å². The van der Waals surface area contributed by atoms with Gasteiger partial charge in [0.25, 0.3) is 0 Å². The number of rotatable bonds is 7. The largest absolute Gasteiger partial charge is 0.494 e. The summed E-state index contributed by atoms with van der Waals surface area (Å²) in [6, 6.07) is 23.6. The fraction of sp³-hybridized carbons (Fsp3) is 0.160. The molecule has 0 N–H and O–H groups in total. The highest BCUT2D eigenvalue weighted by atomic mass is 32.1. The van der Waals surface area contributed by atoms with Gasteiger partial charge in [-0.2, -0.15) is 0 Å². The number of methoxy groups -OCH3 is 1. The number of esters is 1. The molecule has 0 radical (unpaired) electrons. The van der Waals surface area contributed by atoms with Crippen LogP contribution in [0.15, 0.2) is 72.8 Å². The Bertz CT molecular complexity index is 1150. The average Bonchev–Trinajstić information content (AvgIpc) is 3.33. The smallest absolute Gasteiger partial charge is 0.337 e. The third-order valence-corrected chi connectivity index (χ3v) is 5.79. The van der Waals surface area contributed by atoms with Gasteiger partial charge in [0.1, 0.15) is 15.8 Å². The normalized spacial score (nSPS) is 10.6. The molecule has 156 valence electrons. The Kier molecular flexibility index (Phi) is 6.38. The molecule has 1 aromatic heterocycles. The molecule has 0 saturated carbocycles. The lowest BCUT2D eigenvalue weighted by atomic mass is 10.0. The first-order valence-electron chi connectivity index (χ1n) is 10.0. The maximum Gasteiger partial charge on any atom is 0.337 e. The lowest BCUT2D eigenvalue weighted by molar-refractivity contribution is 0.0601. The van der Waals surface area contributed by atoms with E-state index in [0.717, 1.165) is 51.0 Å². The highest BCUT2D eigenvalue weighted by Gasteiger charge is 2.11. The van der Waals surface area contributed by atoms with Crippen molar-refractivity contribution in [3.05, 3.63) is 78.4 Å². The first kappa shape index (κ1) is 20.8. The van der Waals surface area contributed by atoms with Gasteiger partial charge in [0.15, 0.2) is 0 Å². The van der Waals surface area contributed by atoms with Crippen LogP contribution in [0.2, 0.25) is 0 Å². The molecule has 31 heavy (non-hydrogen) atoms. The van der Waals surface area contributed by atoms with Crippen molar-refractivity contribution in [3.63, 3.8) is 0 Å².